The van der Waals surface area contributed by atoms with E-state index in [0.29, 0.717) is 0 Å². The van der Waals surface area contributed by atoms with E-state index in [4.69, 9.17) is 0 Å². The molecule has 1 amide bonds. The zero-order chi connectivity index (χ0) is 14.4. The molecule has 0 saturated carbocycles. The fourth-order valence-electron chi connectivity index (χ4n) is 2.04. The van der Waals surface area contributed by atoms with Gasteiger partial charge in [-0.2, -0.15) is 0 Å². The lowest BCUT2D eigenvalue weighted by atomic mass is 10.1. The maximum Gasteiger partial charge on any atom is 0.221 e. The number of rotatable bonds is 6. The van der Waals surface area contributed by atoms with Crippen molar-refractivity contribution < 1.29 is 4.79 Å². The molecule has 0 aliphatic rings. The van der Waals surface area contributed by atoms with Crippen LogP contribution < -0.4 is 10.6 Å². The summed E-state index contributed by atoms with van der Waals surface area (Å²) in [6.07, 6.45) is 5.54. The van der Waals surface area contributed by atoms with Crippen molar-refractivity contribution in [1.29, 1.82) is 0 Å². The highest BCUT2D eigenvalue weighted by molar-refractivity contribution is 5.88. The predicted molar refractivity (Wildman–Crippen MR) is 79.4 cm³/mol. The van der Waals surface area contributed by atoms with E-state index in [9.17, 15) is 4.79 Å². The number of carbonyl (C=O) groups is 1. The highest BCUT2D eigenvalue weighted by Gasteiger charge is 2.05. The summed E-state index contributed by atoms with van der Waals surface area (Å²) in [5.74, 6) is -0.0529. The molecule has 0 spiro atoms. The number of benzene rings is 1. The number of hydrogen-bond donors (Lipinski definition) is 2. The lowest BCUT2D eigenvalue weighted by Gasteiger charge is -2.15. The second-order valence-electron chi connectivity index (χ2n) is 4.78. The predicted octanol–water partition coefficient (Wildman–Crippen LogP) is 2.19. The molecular formula is C15H20N4O. The fraction of sp³-hybridized carbons (Fsp3) is 0.333. The molecule has 2 N–H and O–H groups in total. The number of imidazole rings is 1. The van der Waals surface area contributed by atoms with Crippen LogP contribution in [0.25, 0.3) is 0 Å². The Balaban J connectivity index is 1.88. The van der Waals surface area contributed by atoms with E-state index < -0.39 is 0 Å². The molecule has 5 nitrogen and oxygen atoms in total. The molecule has 0 saturated heterocycles. The Labute approximate surface area is 119 Å². The van der Waals surface area contributed by atoms with Crippen LogP contribution in [-0.4, -0.2) is 22.0 Å². The average molecular weight is 272 g/mol. The van der Waals surface area contributed by atoms with Gasteiger partial charge in [-0.3, -0.25) is 4.79 Å². The van der Waals surface area contributed by atoms with Crippen LogP contribution >= 0.6 is 0 Å². The molecule has 106 valence electrons. The lowest BCUT2D eigenvalue weighted by Crippen LogP contribution is -2.23. The van der Waals surface area contributed by atoms with Crippen LogP contribution in [-0.2, 0) is 11.3 Å². The quantitative estimate of drug-likeness (QED) is 0.847. The van der Waals surface area contributed by atoms with Crippen LogP contribution in [0, 0.1) is 0 Å². The minimum Gasteiger partial charge on any atom is -0.336 e. The molecule has 1 aromatic carbocycles. The number of aromatic nitrogens is 2. The molecule has 1 aromatic heterocycles. The Morgan fingerprint density at radius 3 is 3.00 bits per heavy atom. The van der Waals surface area contributed by atoms with Crippen molar-refractivity contribution in [3.63, 3.8) is 0 Å². The highest BCUT2D eigenvalue weighted by atomic mass is 16.1. The molecule has 5 heteroatoms. The summed E-state index contributed by atoms with van der Waals surface area (Å²) in [6, 6.07) is 8.13. The zero-order valence-electron chi connectivity index (χ0n) is 11.8. The summed E-state index contributed by atoms with van der Waals surface area (Å²) in [5.41, 5.74) is 1.99. The third kappa shape index (κ3) is 4.20. The summed E-state index contributed by atoms with van der Waals surface area (Å²) in [4.78, 5) is 15.1. The molecule has 0 bridgehead atoms. The first-order valence-corrected chi connectivity index (χ1v) is 6.72. The van der Waals surface area contributed by atoms with Crippen molar-refractivity contribution in [2.24, 2.45) is 0 Å². The van der Waals surface area contributed by atoms with Gasteiger partial charge in [0.2, 0.25) is 5.91 Å². The molecular weight excluding hydrogens is 252 g/mol. The van der Waals surface area contributed by atoms with Gasteiger partial charge in [0.15, 0.2) is 0 Å². The van der Waals surface area contributed by atoms with Gasteiger partial charge in [-0.15, -0.1) is 0 Å². The third-order valence-corrected chi connectivity index (χ3v) is 3.09. The monoisotopic (exact) mass is 272 g/mol. The largest absolute Gasteiger partial charge is 0.336 e. The molecule has 1 atom stereocenters. The number of nitrogens with one attached hydrogen (secondary N) is 2. The fourth-order valence-corrected chi connectivity index (χ4v) is 2.04. The normalized spacial score (nSPS) is 12.1. The van der Waals surface area contributed by atoms with Gasteiger partial charge < -0.3 is 15.2 Å². The van der Waals surface area contributed by atoms with Crippen LogP contribution in [0.5, 0.6) is 0 Å². The Hall–Kier alpha value is -2.14. The van der Waals surface area contributed by atoms with Gasteiger partial charge in [-0.25, -0.2) is 4.98 Å². The first-order chi connectivity index (χ1) is 9.65. The molecule has 2 aromatic rings. The second-order valence-corrected chi connectivity index (χ2v) is 4.78. The van der Waals surface area contributed by atoms with Crippen LogP contribution in [0.2, 0.25) is 0 Å². The lowest BCUT2D eigenvalue weighted by molar-refractivity contribution is -0.114. The maximum absolute atomic E-state index is 11.1. The summed E-state index contributed by atoms with van der Waals surface area (Å²) in [5, 5.41) is 6.26. The van der Waals surface area contributed by atoms with Gasteiger partial charge in [0.05, 0.1) is 6.33 Å². The SMILES string of the molecule is CC(=O)Nc1cccc(C(C)NCCn2ccnc2)c1. The smallest absolute Gasteiger partial charge is 0.221 e. The van der Waals surface area contributed by atoms with Crippen molar-refractivity contribution in [2.45, 2.75) is 26.4 Å². The van der Waals surface area contributed by atoms with E-state index in [1.165, 1.54) is 6.92 Å². The van der Waals surface area contributed by atoms with Crippen LogP contribution in [0.1, 0.15) is 25.5 Å². The van der Waals surface area contributed by atoms with E-state index in [0.717, 1.165) is 24.3 Å². The Bertz CT molecular complexity index is 551. The number of hydrogen-bond acceptors (Lipinski definition) is 3. The number of anilines is 1. The van der Waals surface area contributed by atoms with E-state index in [2.05, 4.69) is 28.6 Å². The number of nitrogens with zero attached hydrogens (tertiary/aromatic N) is 2. The first-order valence-electron chi connectivity index (χ1n) is 6.72. The van der Waals surface area contributed by atoms with Gasteiger partial charge in [0.25, 0.3) is 0 Å². The highest BCUT2D eigenvalue weighted by Crippen LogP contribution is 2.17. The number of amides is 1. The Morgan fingerprint density at radius 2 is 2.30 bits per heavy atom. The van der Waals surface area contributed by atoms with Gasteiger partial charge in [0, 0.05) is 44.1 Å². The van der Waals surface area contributed by atoms with Crippen molar-refractivity contribution in [2.75, 3.05) is 11.9 Å². The molecule has 0 radical (unpaired) electrons. The van der Waals surface area contributed by atoms with Gasteiger partial charge in [0.1, 0.15) is 0 Å². The maximum atomic E-state index is 11.1. The van der Waals surface area contributed by atoms with Crippen LogP contribution in [0.15, 0.2) is 43.0 Å². The average Bonchev–Trinajstić information content (AvgIpc) is 2.91. The Kier molecular flexibility index (Phi) is 4.90. The first kappa shape index (κ1) is 14.3. The third-order valence-electron chi connectivity index (χ3n) is 3.09. The van der Waals surface area contributed by atoms with Crippen molar-refractivity contribution in [3.8, 4) is 0 Å². The summed E-state index contributed by atoms with van der Waals surface area (Å²) >= 11 is 0. The van der Waals surface area contributed by atoms with Crippen LogP contribution in [0.3, 0.4) is 0 Å². The molecule has 1 unspecified atom stereocenters. The van der Waals surface area contributed by atoms with E-state index in [1.54, 1.807) is 6.20 Å². The molecule has 0 aliphatic carbocycles. The molecule has 1 heterocycles. The van der Waals surface area contributed by atoms with Crippen molar-refractivity contribution in [3.05, 3.63) is 48.5 Å². The topological polar surface area (TPSA) is 59.0 Å². The molecule has 0 fully saturated rings. The zero-order valence-corrected chi connectivity index (χ0v) is 11.8. The Morgan fingerprint density at radius 1 is 1.45 bits per heavy atom. The van der Waals surface area contributed by atoms with Gasteiger partial charge in [-0.1, -0.05) is 12.1 Å². The summed E-state index contributed by atoms with van der Waals surface area (Å²) in [6.45, 7) is 5.37. The number of carbonyl (C=O) groups excluding carboxylic acids is 1. The molecule has 20 heavy (non-hydrogen) atoms. The molecule has 0 aliphatic heterocycles. The van der Waals surface area contributed by atoms with Crippen LogP contribution in [0.4, 0.5) is 5.69 Å². The van der Waals surface area contributed by atoms with Crippen molar-refractivity contribution >= 4 is 11.6 Å². The van der Waals surface area contributed by atoms with Gasteiger partial charge in [-0.05, 0) is 24.6 Å². The van der Waals surface area contributed by atoms with Gasteiger partial charge >= 0.3 is 0 Å². The van der Waals surface area contributed by atoms with E-state index in [-0.39, 0.29) is 11.9 Å². The second kappa shape index (κ2) is 6.86. The minimum absolute atomic E-state index is 0.0529. The van der Waals surface area contributed by atoms with E-state index >= 15 is 0 Å². The van der Waals surface area contributed by atoms with Crippen molar-refractivity contribution in [1.82, 2.24) is 14.9 Å². The molecule has 2 rings (SSSR count). The summed E-state index contributed by atoms with van der Waals surface area (Å²) < 4.78 is 2.04. The van der Waals surface area contributed by atoms with E-state index in [1.807, 2.05) is 35.3 Å². The minimum atomic E-state index is -0.0529. The standard InChI is InChI=1S/C15H20N4O/c1-12(17-7-9-19-8-6-16-11-19)14-4-3-5-15(10-14)18-13(2)20/h3-6,8,10-12,17H,7,9H2,1-2H3,(H,18,20). The summed E-state index contributed by atoms with van der Waals surface area (Å²) in [7, 11) is 0.